The van der Waals surface area contributed by atoms with Gasteiger partial charge in [-0.15, -0.1) is 0 Å². The van der Waals surface area contributed by atoms with Crippen molar-refractivity contribution in [1.82, 2.24) is 10.2 Å². The van der Waals surface area contributed by atoms with E-state index >= 15 is 0 Å². The number of amides is 2. The third-order valence-electron chi connectivity index (χ3n) is 3.97. The van der Waals surface area contributed by atoms with Crippen LogP contribution in [0.3, 0.4) is 0 Å². The summed E-state index contributed by atoms with van der Waals surface area (Å²) in [5, 5.41) is 2.84. The molecule has 1 aromatic carbocycles. The highest BCUT2D eigenvalue weighted by Gasteiger charge is 2.32. The molecular formula is C17H18N2O3. The van der Waals surface area contributed by atoms with Gasteiger partial charge in [0.2, 0.25) is 11.8 Å². The van der Waals surface area contributed by atoms with Crippen LogP contribution in [0.25, 0.3) is 0 Å². The van der Waals surface area contributed by atoms with Crippen molar-refractivity contribution in [3.63, 3.8) is 0 Å². The quantitative estimate of drug-likeness (QED) is 0.941. The van der Waals surface area contributed by atoms with Gasteiger partial charge < -0.3 is 14.6 Å². The van der Waals surface area contributed by atoms with E-state index in [0.717, 1.165) is 11.1 Å². The van der Waals surface area contributed by atoms with Crippen molar-refractivity contribution in [2.45, 2.75) is 32.5 Å². The third kappa shape index (κ3) is 2.88. The highest BCUT2D eigenvalue weighted by atomic mass is 16.3. The number of furan rings is 1. The molecule has 0 saturated carbocycles. The topological polar surface area (TPSA) is 62.6 Å². The molecule has 2 amide bonds. The molecule has 0 radical (unpaired) electrons. The van der Waals surface area contributed by atoms with E-state index in [4.69, 9.17) is 4.42 Å². The normalized spacial score (nSPS) is 17.0. The van der Waals surface area contributed by atoms with Gasteiger partial charge in [0.25, 0.3) is 0 Å². The highest BCUT2D eigenvalue weighted by Crippen LogP contribution is 2.23. The monoisotopic (exact) mass is 298 g/mol. The van der Waals surface area contributed by atoms with Gasteiger partial charge in [-0.3, -0.25) is 9.59 Å². The highest BCUT2D eigenvalue weighted by molar-refractivity contribution is 5.87. The summed E-state index contributed by atoms with van der Waals surface area (Å²) in [6.07, 6.45) is 2.11. The summed E-state index contributed by atoms with van der Waals surface area (Å²) in [5.74, 6) is 0.452. The van der Waals surface area contributed by atoms with Gasteiger partial charge in [0.15, 0.2) is 0 Å². The SMILES string of the molecule is CC(=O)N1Cc2ccccc2C[C@@H]1C(=O)NCc1ccco1. The van der Waals surface area contributed by atoms with Gasteiger partial charge in [-0.1, -0.05) is 24.3 Å². The smallest absolute Gasteiger partial charge is 0.243 e. The van der Waals surface area contributed by atoms with E-state index in [9.17, 15) is 9.59 Å². The Balaban J connectivity index is 1.75. The molecule has 1 aliphatic heterocycles. The standard InChI is InChI=1S/C17H18N2O3/c1-12(20)19-11-14-6-3-2-5-13(14)9-16(19)17(21)18-10-15-7-4-8-22-15/h2-8,16H,9-11H2,1H3,(H,18,21)/t16-/m1/s1. The number of carbonyl (C=O) groups is 2. The van der Waals surface area contributed by atoms with Crippen LogP contribution in [0.15, 0.2) is 47.1 Å². The molecule has 0 fully saturated rings. The fourth-order valence-electron chi connectivity index (χ4n) is 2.79. The van der Waals surface area contributed by atoms with Crippen molar-refractivity contribution in [2.75, 3.05) is 0 Å². The molecule has 22 heavy (non-hydrogen) atoms. The number of hydrogen-bond acceptors (Lipinski definition) is 3. The number of hydrogen-bond donors (Lipinski definition) is 1. The Morgan fingerprint density at radius 3 is 2.68 bits per heavy atom. The third-order valence-corrected chi connectivity index (χ3v) is 3.97. The molecule has 5 nitrogen and oxygen atoms in total. The van der Waals surface area contributed by atoms with Gasteiger partial charge >= 0.3 is 0 Å². The first-order valence-electron chi connectivity index (χ1n) is 7.29. The van der Waals surface area contributed by atoms with Crippen LogP contribution >= 0.6 is 0 Å². The van der Waals surface area contributed by atoms with Crippen molar-refractivity contribution in [3.8, 4) is 0 Å². The van der Waals surface area contributed by atoms with Crippen LogP contribution in [0.2, 0.25) is 0 Å². The minimum Gasteiger partial charge on any atom is -0.467 e. The Bertz CT molecular complexity index is 679. The predicted octanol–water partition coefficient (Wildman–Crippen LogP) is 1.87. The zero-order chi connectivity index (χ0) is 15.5. The fourth-order valence-corrected chi connectivity index (χ4v) is 2.79. The Morgan fingerprint density at radius 2 is 2.00 bits per heavy atom. The van der Waals surface area contributed by atoms with E-state index < -0.39 is 6.04 Å². The molecular weight excluding hydrogens is 280 g/mol. The summed E-state index contributed by atoms with van der Waals surface area (Å²) in [7, 11) is 0. The summed E-state index contributed by atoms with van der Waals surface area (Å²) in [6.45, 7) is 2.31. The minimum absolute atomic E-state index is 0.0901. The van der Waals surface area contributed by atoms with Crippen LogP contribution in [0, 0.1) is 0 Å². The van der Waals surface area contributed by atoms with E-state index in [1.807, 2.05) is 24.3 Å². The van der Waals surface area contributed by atoms with Crippen molar-refractivity contribution in [2.24, 2.45) is 0 Å². The molecule has 1 aromatic heterocycles. The molecule has 1 atom stereocenters. The van der Waals surface area contributed by atoms with Crippen molar-refractivity contribution in [1.29, 1.82) is 0 Å². The maximum Gasteiger partial charge on any atom is 0.243 e. The van der Waals surface area contributed by atoms with Crippen LogP contribution in [0.1, 0.15) is 23.8 Å². The molecule has 5 heteroatoms. The van der Waals surface area contributed by atoms with Gasteiger partial charge in [0, 0.05) is 19.9 Å². The van der Waals surface area contributed by atoms with Crippen LogP contribution in [-0.2, 0) is 29.1 Å². The van der Waals surface area contributed by atoms with E-state index in [0.29, 0.717) is 25.3 Å². The van der Waals surface area contributed by atoms with Gasteiger partial charge in [-0.05, 0) is 23.3 Å². The average Bonchev–Trinajstić information content (AvgIpc) is 3.04. The van der Waals surface area contributed by atoms with Gasteiger partial charge in [-0.2, -0.15) is 0 Å². The molecule has 0 spiro atoms. The fraction of sp³-hybridized carbons (Fsp3) is 0.294. The molecule has 2 aromatic rings. The van der Waals surface area contributed by atoms with Crippen molar-refractivity contribution >= 4 is 11.8 Å². The van der Waals surface area contributed by atoms with Crippen LogP contribution < -0.4 is 5.32 Å². The Kier molecular flexibility index (Phi) is 3.96. The molecule has 114 valence electrons. The molecule has 0 bridgehead atoms. The second kappa shape index (κ2) is 6.05. The molecule has 0 saturated heterocycles. The molecule has 0 unspecified atom stereocenters. The molecule has 2 heterocycles. The Labute approximate surface area is 128 Å². The zero-order valence-corrected chi connectivity index (χ0v) is 12.4. The summed E-state index contributed by atoms with van der Waals surface area (Å²) in [4.78, 5) is 26.0. The molecule has 1 aliphatic rings. The summed E-state index contributed by atoms with van der Waals surface area (Å²) < 4.78 is 5.21. The van der Waals surface area contributed by atoms with E-state index in [1.54, 1.807) is 23.3 Å². The lowest BCUT2D eigenvalue weighted by molar-refractivity contribution is -0.140. The molecule has 3 rings (SSSR count). The van der Waals surface area contributed by atoms with E-state index in [2.05, 4.69) is 5.32 Å². The number of nitrogens with one attached hydrogen (secondary N) is 1. The lowest BCUT2D eigenvalue weighted by atomic mass is 9.93. The van der Waals surface area contributed by atoms with Gasteiger partial charge in [0.1, 0.15) is 11.8 Å². The van der Waals surface area contributed by atoms with Gasteiger partial charge in [-0.25, -0.2) is 0 Å². The first kappa shape index (κ1) is 14.4. The van der Waals surface area contributed by atoms with Crippen LogP contribution in [0.5, 0.6) is 0 Å². The minimum atomic E-state index is -0.470. The number of rotatable bonds is 3. The lowest BCUT2D eigenvalue weighted by Crippen LogP contribution is -2.51. The summed E-state index contributed by atoms with van der Waals surface area (Å²) >= 11 is 0. The van der Waals surface area contributed by atoms with E-state index in [1.165, 1.54) is 6.92 Å². The van der Waals surface area contributed by atoms with Gasteiger partial charge in [0.05, 0.1) is 12.8 Å². The van der Waals surface area contributed by atoms with Crippen molar-refractivity contribution < 1.29 is 14.0 Å². The first-order valence-corrected chi connectivity index (χ1v) is 7.29. The summed E-state index contributed by atoms with van der Waals surface area (Å²) in [5.41, 5.74) is 2.23. The maximum atomic E-state index is 12.5. The Hall–Kier alpha value is -2.56. The second-order valence-electron chi connectivity index (χ2n) is 5.43. The zero-order valence-electron chi connectivity index (χ0n) is 12.4. The van der Waals surface area contributed by atoms with E-state index in [-0.39, 0.29) is 11.8 Å². The lowest BCUT2D eigenvalue weighted by Gasteiger charge is -2.35. The number of fused-ring (bicyclic) bond motifs is 1. The average molecular weight is 298 g/mol. The maximum absolute atomic E-state index is 12.5. The second-order valence-corrected chi connectivity index (χ2v) is 5.43. The van der Waals surface area contributed by atoms with Crippen LogP contribution in [0.4, 0.5) is 0 Å². The Morgan fingerprint density at radius 1 is 1.23 bits per heavy atom. The number of benzene rings is 1. The summed E-state index contributed by atoms with van der Waals surface area (Å²) in [6, 6.07) is 11.0. The predicted molar refractivity (Wildman–Crippen MR) is 80.7 cm³/mol. The van der Waals surface area contributed by atoms with Crippen molar-refractivity contribution in [3.05, 3.63) is 59.5 Å². The first-order chi connectivity index (χ1) is 10.6. The van der Waals surface area contributed by atoms with Crippen LogP contribution in [-0.4, -0.2) is 22.8 Å². The number of carbonyl (C=O) groups excluding carboxylic acids is 2. The number of nitrogens with zero attached hydrogens (tertiary/aromatic N) is 1. The molecule has 0 aliphatic carbocycles. The largest absolute Gasteiger partial charge is 0.467 e. The molecule has 1 N–H and O–H groups in total.